The largest absolute Gasteiger partial charge is 0.466 e. The molecule has 3 rings (SSSR count). The molecule has 0 amide bonds. The number of benzene rings is 1. The molecular formula is C16H15NO2S. The molecule has 1 aromatic carbocycles. The van der Waals surface area contributed by atoms with E-state index >= 15 is 0 Å². The smallest absolute Gasteiger partial charge is 0.173 e. The van der Waals surface area contributed by atoms with E-state index in [1.807, 2.05) is 45.0 Å². The Balaban J connectivity index is 1.92. The number of carbonyl (C=O) groups is 1. The van der Waals surface area contributed by atoms with Gasteiger partial charge in [-0.3, -0.25) is 4.79 Å². The fraction of sp³-hybridized carbons (Fsp3) is 0.250. The van der Waals surface area contributed by atoms with Crippen LogP contribution in [0.3, 0.4) is 0 Å². The topological polar surface area (TPSA) is 43.1 Å². The molecule has 0 radical (unpaired) electrons. The zero-order valence-corrected chi connectivity index (χ0v) is 12.5. The molecule has 0 saturated carbocycles. The van der Waals surface area contributed by atoms with Crippen molar-refractivity contribution in [2.24, 2.45) is 0 Å². The number of carbonyl (C=O) groups excluding carboxylic acids is 1. The Morgan fingerprint density at radius 3 is 2.60 bits per heavy atom. The van der Waals surface area contributed by atoms with Gasteiger partial charge >= 0.3 is 0 Å². The number of aryl methyl sites for hydroxylation is 2. The van der Waals surface area contributed by atoms with Crippen LogP contribution in [0.25, 0.3) is 10.2 Å². The van der Waals surface area contributed by atoms with E-state index in [1.165, 1.54) is 0 Å². The Bertz CT molecular complexity index is 765. The summed E-state index contributed by atoms with van der Waals surface area (Å²) >= 11 is 1.58. The van der Waals surface area contributed by atoms with E-state index in [0.29, 0.717) is 17.7 Å². The zero-order chi connectivity index (χ0) is 14.3. The van der Waals surface area contributed by atoms with Crippen molar-refractivity contribution >= 4 is 27.3 Å². The first-order chi connectivity index (χ1) is 9.56. The second-order valence-electron chi connectivity index (χ2n) is 4.89. The lowest BCUT2D eigenvalue weighted by Gasteiger charge is -1.98. The van der Waals surface area contributed by atoms with Crippen LogP contribution in [0.4, 0.5) is 0 Å². The molecule has 0 bridgehead atoms. The van der Waals surface area contributed by atoms with Crippen LogP contribution >= 0.6 is 11.3 Å². The van der Waals surface area contributed by atoms with Gasteiger partial charge in [0.25, 0.3) is 0 Å². The summed E-state index contributed by atoms with van der Waals surface area (Å²) in [6.07, 6.45) is 0.333. The average Bonchev–Trinajstić information content (AvgIpc) is 2.90. The number of para-hydroxylation sites is 1. The van der Waals surface area contributed by atoms with Crippen LogP contribution in [0.1, 0.15) is 32.4 Å². The highest BCUT2D eigenvalue weighted by atomic mass is 32.1. The summed E-state index contributed by atoms with van der Waals surface area (Å²) < 4.78 is 6.64. The van der Waals surface area contributed by atoms with Gasteiger partial charge in [-0.05, 0) is 32.9 Å². The third-order valence-electron chi connectivity index (χ3n) is 3.49. The van der Waals surface area contributed by atoms with Gasteiger partial charge in [0.2, 0.25) is 0 Å². The van der Waals surface area contributed by atoms with E-state index < -0.39 is 0 Å². The number of rotatable bonds is 3. The van der Waals surface area contributed by atoms with Crippen molar-refractivity contribution in [2.75, 3.05) is 0 Å². The highest BCUT2D eigenvalue weighted by Crippen LogP contribution is 2.26. The number of hydrogen-bond acceptors (Lipinski definition) is 4. The highest BCUT2D eigenvalue weighted by molar-refractivity contribution is 7.18. The van der Waals surface area contributed by atoms with Crippen LogP contribution in [0.2, 0.25) is 0 Å². The molecule has 0 N–H and O–H groups in total. The number of hydrogen-bond donors (Lipinski definition) is 0. The van der Waals surface area contributed by atoms with Crippen molar-refractivity contribution in [1.29, 1.82) is 0 Å². The summed E-state index contributed by atoms with van der Waals surface area (Å²) in [5.74, 6) is 1.59. The molecule has 2 aromatic heterocycles. The van der Waals surface area contributed by atoms with Crippen LogP contribution in [-0.4, -0.2) is 10.8 Å². The quantitative estimate of drug-likeness (QED) is 0.676. The van der Waals surface area contributed by atoms with Gasteiger partial charge in [-0.1, -0.05) is 12.1 Å². The Hall–Kier alpha value is -1.94. The van der Waals surface area contributed by atoms with Crippen LogP contribution in [0, 0.1) is 20.8 Å². The lowest BCUT2D eigenvalue weighted by Crippen LogP contribution is -2.05. The van der Waals surface area contributed by atoms with Crippen LogP contribution in [-0.2, 0) is 6.42 Å². The molecule has 0 aliphatic carbocycles. The van der Waals surface area contributed by atoms with Crippen molar-refractivity contribution in [3.63, 3.8) is 0 Å². The second-order valence-corrected chi connectivity index (χ2v) is 6.00. The number of Topliss-reactive ketones (excluding diaryl/α,β-unsaturated/α-hetero) is 1. The van der Waals surface area contributed by atoms with Crippen molar-refractivity contribution in [1.82, 2.24) is 4.98 Å². The Labute approximate surface area is 121 Å². The predicted octanol–water partition coefficient (Wildman–Crippen LogP) is 4.24. The van der Waals surface area contributed by atoms with Crippen molar-refractivity contribution in [3.05, 3.63) is 51.9 Å². The summed E-state index contributed by atoms with van der Waals surface area (Å²) in [4.78, 5) is 17.0. The van der Waals surface area contributed by atoms with Gasteiger partial charge in [-0.25, -0.2) is 4.98 Å². The van der Waals surface area contributed by atoms with Gasteiger partial charge in [0.15, 0.2) is 5.78 Å². The van der Waals surface area contributed by atoms with Gasteiger partial charge < -0.3 is 4.42 Å². The normalized spacial score (nSPS) is 11.2. The Morgan fingerprint density at radius 2 is 1.95 bits per heavy atom. The van der Waals surface area contributed by atoms with Crippen LogP contribution in [0.15, 0.2) is 28.7 Å². The highest BCUT2D eigenvalue weighted by Gasteiger charge is 2.19. The lowest BCUT2D eigenvalue weighted by atomic mass is 10.0. The molecular weight excluding hydrogens is 270 g/mol. The van der Waals surface area contributed by atoms with Gasteiger partial charge in [-0.15, -0.1) is 11.3 Å². The van der Waals surface area contributed by atoms with E-state index in [-0.39, 0.29) is 5.78 Å². The van der Waals surface area contributed by atoms with E-state index in [4.69, 9.17) is 4.42 Å². The summed E-state index contributed by atoms with van der Waals surface area (Å²) in [7, 11) is 0. The first-order valence-corrected chi connectivity index (χ1v) is 7.32. The third-order valence-corrected chi connectivity index (χ3v) is 4.53. The molecule has 3 aromatic rings. The minimum Gasteiger partial charge on any atom is -0.466 e. The van der Waals surface area contributed by atoms with Crippen LogP contribution < -0.4 is 0 Å². The average molecular weight is 285 g/mol. The number of thiazole rings is 1. The van der Waals surface area contributed by atoms with Gasteiger partial charge in [0, 0.05) is 5.56 Å². The van der Waals surface area contributed by atoms with Gasteiger partial charge in [0.1, 0.15) is 16.5 Å². The van der Waals surface area contributed by atoms with E-state index in [9.17, 15) is 4.79 Å². The van der Waals surface area contributed by atoms with Crippen molar-refractivity contribution < 1.29 is 9.21 Å². The van der Waals surface area contributed by atoms with Crippen molar-refractivity contribution in [3.8, 4) is 0 Å². The number of aromatic nitrogens is 1. The molecule has 0 unspecified atom stereocenters. The molecule has 0 aliphatic rings. The van der Waals surface area contributed by atoms with Crippen LogP contribution in [0.5, 0.6) is 0 Å². The van der Waals surface area contributed by atoms with Gasteiger partial charge in [0.05, 0.1) is 22.2 Å². The minimum absolute atomic E-state index is 0.0795. The number of furan rings is 1. The van der Waals surface area contributed by atoms with E-state index in [1.54, 1.807) is 11.3 Å². The molecule has 3 nitrogen and oxygen atoms in total. The molecule has 0 spiro atoms. The Kier molecular flexibility index (Phi) is 3.18. The SMILES string of the molecule is Cc1oc(C)c(C(=O)Cc2nc3ccccc3s2)c1C. The maximum absolute atomic E-state index is 12.5. The number of fused-ring (bicyclic) bond motifs is 1. The predicted molar refractivity (Wildman–Crippen MR) is 80.6 cm³/mol. The molecule has 0 fully saturated rings. The van der Waals surface area contributed by atoms with E-state index in [2.05, 4.69) is 4.98 Å². The van der Waals surface area contributed by atoms with Gasteiger partial charge in [-0.2, -0.15) is 0 Å². The molecule has 102 valence electrons. The summed E-state index contributed by atoms with van der Waals surface area (Å²) in [6.45, 7) is 5.65. The maximum Gasteiger partial charge on any atom is 0.173 e. The standard InChI is InChI=1S/C16H15NO2S/c1-9-10(2)19-11(3)16(9)13(18)8-15-17-12-6-4-5-7-14(12)20-15/h4-7H,8H2,1-3H3. The van der Waals surface area contributed by atoms with E-state index in [0.717, 1.165) is 26.5 Å². The molecule has 2 heterocycles. The summed E-state index contributed by atoms with van der Waals surface area (Å²) in [5.41, 5.74) is 2.60. The number of nitrogens with zero attached hydrogens (tertiary/aromatic N) is 1. The maximum atomic E-state index is 12.5. The number of ketones is 1. The van der Waals surface area contributed by atoms with Crippen molar-refractivity contribution in [2.45, 2.75) is 27.2 Å². The zero-order valence-electron chi connectivity index (χ0n) is 11.7. The first kappa shape index (κ1) is 13.1. The molecule has 0 atom stereocenters. The molecule has 0 saturated heterocycles. The fourth-order valence-corrected chi connectivity index (χ4v) is 3.39. The monoisotopic (exact) mass is 285 g/mol. The Morgan fingerprint density at radius 1 is 1.20 bits per heavy atom. The molecule has 20 heavy (non-hydrogen) atoms. The summed E-state index contributed by atoms with van der Waals surface area (Å²) in [5, 5.41) is 0.855. The molecule has 0 aliphatic heterocycles. The third kappa shape index (κ3) is 2.16. The summed E-state index contributed by atoms with van der Waals surface area (Å²) in [6, 6.07) is 7.94. The second kappa shape index (κ2) is 4.87. The first-order valence-electron chi connectivity index (χ1n) is 6.50. The fourth-order valence-electron chi connectivity index (χ4n) is 2.42. The lowest BCUT2D eigenvalue weighted by molar-refractivity contribution is 0.0991. The molecule has 4 heteroatoms. The minimum atomic E-state index is 0.0795.